The summed E-state index contributed by atoms with van der Waals surface area (Å²) in [5.74, 6) is 0.784. The second-order valence-corrected chi connectivity index (χ2v) is 8.88. The molecule has 0 aliphatic heterocycles. The van der Waals surface area contributed by atoms with E-state index in [1.807, 2.05) is 47.3 Å². The Morgan fingerprint density at radius 2 is 1.76 bits per heavy atom. The van der Waals surface area contributed by atoms with E-state index in [0.29, 0.717) is 11.8 Å². The molecule has 0 unspecified atom stereocenters. The molecule has 1 fully saturated rings. The zero-order valence-corrected chi connectivity index (χ0v) is 18.4. The molecule has 0 radical (unpaired) electrons. The molecule has 164 valence electrons. The van der Waals surface area contributed by atoms with Crippen LogP contribution in [0.4, 0.5) is 0 Å². The first-order valence-corrected chi connectivity index (χ1v) is 11.6. The quantitative estimate of drug-likeness (QED) is 0.363. The van der Waals surface area contributed by atoms with E-state index < -0.39 is 0 Å². The monoisotopic (exact) mass is 435 g/mol. The van der Waals surface area contributed by atoms with Crippen LogP contribution in [-0.4, -0.2) is 24.3 Å². The maximum atomic E-state index is 13.6. The highest BCUT2D eigenvalue weighted by Crippen LogP contribution is 2.30. The standard InChI is InChI=1S/C27H25N5O/c33-27-24-16-20(15-19-11-12-25(28-17-19)32-14-6-13-30-32)22-9-4-5-10-23(22)26(24)29-18-31(27)21-7-2-1-3-8-21/h4-6,9-14,16-18,21H,1-3,7-8,15H2. The molecule has 3 aromatic heterocycles. The van der Waals surface area contributed by atoms with Gasteiger partial charge in [0.15, 0.2) is 5.82 Å². The van der Waals surface area contributed by atoms with Crippen LogP contribution < -0.4 is 5.56 Å². The number of hydrogen-bond acceptors (Lipinski definition) is 4. The molecule has 2 aromatic carbocycles. The first-order valence-electron chi connectivity index (χ1n) is 11.6. The summed E-state index contributed by atoms with van der Waals surface area (Å²) < 4.78 is 3.62. The van der Waals surface area contributed by atoms with Gasteiger partial charge in [-0.25, -0.2) is 14.6 Å². The lowest BCUT2D eigenvalue weighted by atomic mass is 9.94. The lowest BCUT2D eigenvalue weighted by molar-refractivity contribution is 0.345. The molecule has 0 amide bonds. The molecular weight excluding hydrogens is 410 g/mol. The van der Waals surface area contributed by atoms with Crippen LogP contribution in [-0.2, 0) is 6.42 Å². The predicted molar refractivity (Wildman–Crippen MR) is 130 cm³/mol. The summed E-state index contributed by atoms with van der Waals surface area (Å²) in [7, 11) is 0. The van der Waals surface area contributed by atoms with Crippen LogP contribution in [0.3, 0.4) is 0 Å². The molecule has 1 aliphatic rings. The van der Waals surface area contributed by atoms with Crippen molar-refractivity contribution < 1.29 is 0 Å². The summed E-state index contributed by atoms with van der Waals surface area (Å²) in [5.41, 5.74) is 3.07. The zero-order valence-electron chi connectivity index (χ0n) is 18.4. The third-order valence-electron chi connectivity index (χ3n) is 6.79. The van der Waals surface area contributed by atoms with E-state index in [1.54, 1.807) is 17.2 Å². The molecule has 0 saturated heterocycles. The smallest absolute Gasteiger partial charge is 0.261 e. The second kappa shape index (κ2) is 8.28. The number of benzene rings is 2. The van der Waals surface area contributed by atoms with E-state index in [-0.39, 0.29) is 11.6 Å². The Balaban J connectivity index is 1.45. The Kier molecular flexibility index (Phi) is 4.98. The number of rotatable bonds is 4. The molecule has 0 N–H and O–H groups in total. The summed E-state index contributed by atoms with van der Waals surface area (Å²) in [6.45, 7) is 0. The van der Waals surface area contributed by atoms with Crippen LogP contribution in [0.25, 0.3) is 27.5 Å². The third kappa shape index (κ3) is 3.61. The maximum absolute atomic E-state index is 13.6. The fourth-order valence-corrected chi connectivity index (χ4v) is 5.10. The summed E-state index contributed by atoms with van der Waals surface area (Å²) in [6.07, 6.45) is 13.7. The average Bonchev–Trinajstić information content (AvgIpc) is 3.41. The molecule has 1 aliphatic carbocycles. The van der Waals surface area contributed by atoms with Gasteiger partial charge in [0.1, 0.15) is 0 Å². The number of pyridine rings is 1. The number of fused-ring (bicyclic) bond motifs is 3. The fourth-order valence-electron chi connectivity index (χ4n) is 5.10. The van der Waals surface area contributed by atoms with Crippen molar-refractivity contribution >= 4 is 21.7 Å². The van der Waals surface area contributed by atoms with E-state index in [4.69, 9.17) is 4.98 Å². The normalized spacial score (nSPS) is 14.8. The van der Waals surface area contributed by atoms with E-state index in [1.165, 1.54) is 19.3 Å². The van der Waals surface area contributed by atoms with Crippen LogP contribution >= 0.6 is 0 Å². The highest BCUT2D eigenvalue weighted by atomic mass is 16.1. The highest BCUT2D eigenvalue weighted by Gasteiger charge is 2.19. The van der Waals surface area contributed by atoms with Gasteiger partial charge in [0.05, 0.1) is 17.2 Å². The van der Waals surface area contributed by atoms with Gasteiger partial charge >= 0.3 is 0 Å². The van der Waals surface area contributed by atoms with Crippen molar-refractivity contribution in [2.45, 2.75) is 44.6 Å². The van der Waals surface area contributed by atoms with E-state index in [2.05, 4.69) is 28.3 Å². The maximum Gasteiger partial charge on any atom is 0.261 e. The average molecular weight is 436 g/mol. The highest BCUT2D eigenvalue weighted by molar-refractivity contribution is 6.06. The SMILES string of the molecule is O=c1c2cc(Cc3ccc(-n4cccn4)nc3)c3ccccc3c2ncn1C1CCCCC1. The summed E-state index contributed by atoms with van der Waals surface area (Å²) in [5, 5.41) is 7.10. The zero-order chi connectivity index (χ0) is 22.2. The minimum absolute atomic E-state index is 0.0751. The van der Waals surface area contributed by atoms with Crippen molar-refractivity contribution in [2.24, 2.45) is 0 Å². The van der Waals surface area contributed by atoms with Gasteiger partial charge in [0.2, 0.25) is 0 Å². The Labute approximate surface area is 191 Å². The first kappa shape index (κ1) is 19.9. The van der Waals surface area contributed by atoms with Gasteiger partial charge in [-0.1, -0.05) is 49.6 Å². The molecule has 6 heteroatoms. The molecule has 0 spiro atoms. The van der Waals surface area contributed by atoms with Gasteiger partial charge < -0.3 is 0 Å². The number of nitrogens with zero attached hydrogens (tertiary/aromatic N) is 5. The second-order valence-electron chi connectivity index (χ2n) is 8.88. The molecule has 6 nitrogen and oxygen atoms in total. The van der Waals surface area contributed by atoms with Gasteiger partial charge in [-0.3, -0.25) is 9.36 Å². The van der Waals surface area contributed by atoms with Crippen LogP contribution in [0, 0.1) is 0 Å². The van der Waals surface area contributed by atoms with Gasteiger partial charge in [-0.15, -0.1) is 0 Å². The van der Waals surface area contributed by atoms with Gasteiger partial charge in [-0.05, 0) is 54.0 Å². The number of aromatic nitrogens is 5. The van der Waals surface area contributed by atoms with Crippen LogP contribution in [0.1, 0.15) is 49.3 Å². The molecule has 6 rings (SSSR count). The van der Waals surface area contributed by atoms with Crippen molar-refractivity contribution in [3.05, 3.63) is 94.9 Å². The minimum Gasteiger partial charge on any atom is -0.296 e. The molecule has 0 bridgehead atoms. The molecule has 0 atom stereocenters. The van der Waals surface area contributed by atoms with Crippen LogP contribution in [0.2, 0.25) is 0 Å². The lowest BCUT2D eigenvalue weighted by Gasteiger charge is -2.24. The molecular formula is C27H25N5O. The minimum atomic E-state index is 0.0751. The Bertz CT molecular complexity index is 1480. The Morgan fingerprint density at radius 3 is 2.52 bits per heavy atom. The number of hydrogen-bond donors (Lipinski definition) is 0. The fraction of sp³-hybridized carbons (Fsp3) is 0.259. The third-order valence-corrected chi connectivity index (χ3v) is 6.79. The largest absolute Gasteiger partial charge is 0.296 e. The van der Waals surface area contributed by atoms with E-state index in [0.717, 1.165) is 46.1 Å². The predicted octanol–water partition coefficient (Wildman–Crippen LogP) is 5.23. The molecule has 1 saturated carbocycles. The van der Waals surface area contributed by atoms with Gasteiger partial charge in [-0.2, -0.15) is 5.10 Å². The van der Waals surface area contributed by atoms with E-state index in [9.17, 15) is 4.79 Å². The van der Waals surface area contributed by atoms with E-state index >= 15 is 0 Å². The molecule has 3 heterocycles. The summed E-state index contributed by atoms with van der Waals surface area (Å²) >= 11 is 0. The topological polar surface area (TPSA) is 65.6 Å². The first-order chi connectivity index (χ1) is 16.3. The van der Waals surface area contributed by atoms with Crippen molar-refractivity contribution in [1.82, 2.24) is 24.3 Å². The Hall–Kier alpha value is -3.80. The van der Waals surface area contributed by atoms with Crippen molar-refractivity contribution in [2.75, 3.05) is 0 Å². The van der Waals surface area contributed by atoms with Crippen LogP contribution in [0.5, 0.6) is 0 Å². The van der Waals surface area contributed by atoms with Gasteiger partial charge in [0.25, 0.3) is 5.56 Å². The van der Waals surface area contributed by atoms with Crippen molar-refractivity contribution in [3.8, 4) is 5.82 Å². The molecule has 33 heavy (non-hydrogen) atoms. The lowest BCUT2D eigenvalue weighted by Crippen LogP contribution is -2.26. The summed E-state index contributed by atoms with van der Waals surface area (Å²) in [6, 6.07) is 16.5. The van der Waals surface area contributed by atoms with Gasteiger partial charge in [0, 0.05) is 30.0 Å². The van der Waals surface area contributed by atoms with Crippen molar-refractivity contribution in [3.63, 3.8) is 0 Å². The Morgan fingerprint density at radius 1 is 0.909 bits per heavy atom. The summed E-state index contributed by atoms with van der Waals surface area (Å²) in [4.78, 5) is 22.9. The molecule has 5 aromatic rings. The van der Waals surface area contributed by atoms with Crippen molar-refractivity contribution in [1.29, 1.82) is 0 Å². The van der Waals surface area contributed by atoms with Crippen LogP contribution in [0.15, 0.2) is 78.2 Å².